The number of nitrogens with zero attached hydrogens (tertiary/aromatic N) is 1. The monoisotopic (exact) mass is 576 g/mol. The summed E-state index contributed by atoms with van der Waals surface area (Å²) in [7, 11) is -3.84. The molecule has 2 aromatic rings. The summed E-state index contributed by atoms with van der Waals surface area (Å²) in [5.41, 5.74) is 0.0666. The topological polar surface area (TPSA) is 75.7 Å². The predicted octanol–water partition coefficient (Wildman–Crippen LogP) is 5.92. The summed E-state index contributed by atoms with van der Waals surface area (Å²) in [4.78, 5) is 14.3. The highest BCUT2D eigenvalue weighted by Gasteiger charge is 2.33. The van der Waals surface area contributed by atoms with E-state index in [9.17, 15) is 30.8 Å². The summed E-state index contributed by atoms with van der Waals surface area (Å²) in [5.74, 6) is -1.27. The molecule has 2 aliphatic rings. The van der Waals surface area contributed by atoms with Crippen molar-refractivity contribution in [3.05, 3.63) is 63.4 Å². The number of alkyl halides is 3. The first-order chi connectivity index (χ1) is 17.7. The van der Waals surface area contributed by atoms with Crippen LogP contribution in [-0.4, -0.2) is 45.2 Å². The molecule has 1 N–H and O–H groups in total. The van der Waals surface area contributed by atoms with Gasteiger partial charge in [0.2, 0.25) is 10.0 Å². The van der Waals surface area contributed by atoms with Crippen LogP contribution in [0.2, 0.25) is 5.02 Å². The van der Waals surface area contributed by atoms with E-state index in [0.717, 1.165) is 50.1 Å². The summed E-state index contributed by atoms with van der Waals surface area (Å²) >= 11 is 5.96. The van der Waals surface area contributed by atoms with Crippen molar-refractivity contribution in [1.82, 2.24) is 9.62 Å². The SMILES string of the molecule is C[C@H](c1cc(Cl)cc(C(F)(F)F)c1)N1CCC(COc2cc(F)c(C(=O)NS(C)(=O)=O)cc2C2CC2)CC1. The van der Waals surface area contributed by atoms with Gasteiger partial charge in [0.05, 0.1) is 24.0 Å². The standard InChI is InChI=1S/C26H29ClF4N2O4S/c1-15(18-9-19(26(29,30)31)11-20(27)10-18)33-7-5-16(6-8-33)14-37-24-13-23(28)22(12-21(24)17-3-4-17)25(34)32-38(2,35)36/h9-13,15-17H,3-8,14H2,1-2H3,(H,32,34)/t15-/m1/s1. The first-order valence-electron chi connectivity index (χ1n) is 12.3. The van der Waals surface area contributed by atoms with E-state index in [1.807, 2.05) is 6.92 Å². The van der Waals surface area contributed by atoms with E-state index in [1.54, 1.807) is 10.8 Å². The normalized spacial score (nSPS) is 18.3. The van der Waals surface area contributed by atoms with Crippen LogP contribution in [0.1, 0.15) is 71.6 Å². The number of sulfonamides is 1. The zero-order valence-electron chi connectivity index (χ0n) is 20.9. The molecule has 0 aromatic heterocycles. The highest BCUT2D eigenvalue weighted by molar-refractivity contribution is 7.89. The molecule has 208 valence electrons. The lowest BCUT2D eigenvalue weighted by atomic mass is 9.94. The minimum atomic E-state index is -4.47. The molecule has 2 aromatic carbocycles. The molecule has 12 heteroatoms. The van der Waals surface area contributed by atoms with Gasteiger partial charge in [-0.15, -0.1) is 0 Å². The maximum atomic E-state index is 14.7. The lowest BCUT2D eigenvalue weighted by molar-refractivity contribution is -0.137. The first-order valence-corrected chi connectivity index (χ1v) is 14.6. The third-order valence-electron chi connectivity index (χ3n) is 7.04. The first kappa shape index (κ1) is 28.6. The Bertz CT molecular complexity index is 1310. The van der Waals surface area contributed by atoms with Crippen LogP contribution in [0.5, 0.6) is 5.75 Å². The van der Waals surface area contributed by atoms with Crippen molar-refractivity contribution in [2.75, 3.05) is 26.0 Å². The minimum absolute atomic E-state index is 0.0449. The largest absolute Gasteiger partial charge is 0.493 e. The Kier molecular flexibility index (Phi) is 8.30. The van der Waals surface area contributed by atoms with Crippen molar-refractivity contribution < 1.29 is 35.5 Å². The number of amides is 1. The quantitative estimate of drug-likeness (QED) is 0.395. The third-order valence-corrected chi connectivity index (χ3v) is 7.82. The van der Waals surface area contributed by atoms with Crippen molar-refractivity contribution >= 4 is 27.5 Å². The van der Waals surface area contributed by atoms with Crippen LogP contribution >= 0.6 is 11.6 Å². The van der Waals surface area contributed by atoms with Crippen molar-refractivity contribution in [3.63, 3.8) is 0 Å². The molecule has 2 fully saturated rings. The summed E-state index contributed by atoms with van der Waals surface area (Å²) in [5, 5.41) is 0.0449. The molecule has 1 saturated carbocycles. The van der Waals surface area contributed by atoms with Gasteiger partial charge in [-0.2, -0.15) is 13.2 Å². The number of benzene rings is 2. The van der Waals surface area contributed by atoms with Gasteiger partial charge in [0.25, 0.3) is 5.91 Å². The smallest absolute Gasteiger partial charge is 0.416 e. The highest BCUT2D eigenvalue weighted by Crippen LogP contribution is 2.45. The second-order valence-corrected chi connectivity index (χ2v) is 12.3. The number of halogens is 5. The van der Waals surface area contributed by atoms with E-state index >= 15 is 0 Å². The van der Waals surface area contributed by atoms with Gasteiger partial charge in [0, 0.05) is 17.1 Å². The van der Waals surface area contributed by atoms with Crippen LogP contribution < -0.4 is 9.46 Å². The zero-order chi connectivity index (χ0) is 27.8. The fourth-order valence-electron chi connectivity index (χ4n) is 4.75. The Labute approximate surface area is 224 Å². The third kappa shape index (κ3) is 7.18. The van der Waals surface area contributed by atoms with Gasteiger partial charge in [-0.3, -0.25) is 9.69 Å². The van der Waals surface area contributed by atoms with Crippen LogP contribution in [-0.2, 0) is 16.2 Å². The van der Waals surface area contributed by atoms with Crippen molar-refractivity contribution in [2.24, 2.45) is 5.92 Å². The van der Waals surface area contributed by atoms with E-state index in [0.29, 0.717) is 36.6 Å². The zero-order valence-corrected chi connectivity index (χ0v) is 22.5. The molecule has 0 radical (unpaired) electrons. The summed E-state index contributed by atoms with van der Waals surface area (Å²) < 4.78 is 84.9. The molecule has 1 saturated heterocycles. The molecule has 4 rings (SSSR count). The van der Waals surface area contributed by atoms with E-state index in [1.165, 1.54) is 6.07 Å². The Balaban J connectivity index is 1.38. The molecule has 0 spiro atoms. The number of rotatable bonds is 8. The molecule has 0 bridgehead atoms. The summed E-state index contributed by atoms with van der Waals surface area (Å²) in [6.45, 7) is 3.48. The lowest BCUT2D eigenvalue weighted by Gasteiger charge is -2.36. The number of piperidine rings is 1. The van der Waals surface area contributed by atoms with E-state index in [2.05, 4.69) is 4.90 Å². The highest BCUT2D eigenvalue weighted by atomic mass is 35.5. The molecular formula is C26H29ClF4N2O4S. The van der Waals surface area contributed by atoms with E-state index < -0.39 is 33.5 Å². The van der Waals surface area contributed by atoms with Crippen LogP contribution in [0.4, 0.5) is 17.6 Å². The number of nitrogens with one attached hydrogen (secondary N) is 1. The lowest BCUT2D eigenvalue weighted by Crippen LogP contribution is -2.37. The number of carbonyl (C=O) groups is 1. The fourth-order valence-corrected chi connectivity index (χ4v) is 5.44. The Morgan fingerprint density at radius 1 is 1.13 bits per heavy atom. The van der Waals surface area contributed by atoms with Gasteiger partial charge in [0.15, 0.2) is 0 Å². The molecule has 1 aliphatic carbocycles. The Hall–Kier alpha value is -2.37. The van der Waals surface area contributed by atoms with Crippen LogP contribution in [0.25, 0.3) is 0 Å². The van der Waals surface area contributed by atoms with Gasteiger partial charge in [-0.05, 0) is 92.9 Å². The number of likely N-dealkylation sites (tertiary alicyclic amines) is 1. The predicted molar refractivity (Wildman–Crippen MR) is 135 cm³/mol. The molecule has 1 atom stereocenters. The van der Waals surface area contributed by atoms with Crippen LogP contribution in [0, 0.1) is 11.7 Å². The average Bonchev–Trinajstić information content (AvgIpc) is 3.66. The van der Waals surface area contributed by atoms with Crippen molar-refractivity contribution in [3.8, 4) is 5.75 Å². The van der Waals surface area contributed by atoms with Crippen LogP contribution in [0.15, 0.2) is 30.3 Å². The number of hydrogen-bond acceptors (Lipinski definition) is 5. The Morgan fingerprint density at radius 3 is 2.37 bits per heavy atom. The van der Waals surface area contributed by atoms with Gasteiger partial charge in [-0.25, -0.2) is 17.5 Å². The maximum Gasteiger partial charge on any atom is 0.416 e. The number of carbonyl (C=O) groups excluding carboxylic acids is 1. The van der Waals surface area contributed by atoms with Crippen molar-refractivity contribution in [1.29, 1.82) is 0 Å². The van der Waals surface area contributed by atoms with Gasteiger partial charge >= 0.3 is 6.18 Å². The molecule has 0 unspecified atom stereocenters. The van der Waals surface area contributed by atoms with Gasteiger partial charge in [-0.1, -0.05) is 11.6 Å². The number of ether oxygens (including phenoxy) is 1. The average molecular weight is 577 g/mol. The maximum absolute atomic E-state index is 14.7. The fraction of sp³-hybridized carbons (Fsp3) is 0.500. The number of hydrogen-bond donors (Lipinski definition) is 1. The minimum Gasteiger partial charge on any atom is -0.493 e. The molecule has 6 nitrogen and oxygen atoms in total. The van der Waals surface area contributed by atoms with Crippen molar-refractivity contribution in [2.45, 2.75) is 50.7 Å². The van der Waals surface area contributed by atoms with Gasteiger partial charge in [0.1, 0.15) is 11.6 Å². The van der Waals surface area contributed by atoms with E-state index in [4.69, 9.17) is 16.3 Å². The molecule has 38 heavy (non-hydrogen) atoms. The molecular weight excluding hydrogens is 548 g/mol. The summed E-state index contributed by atoms with van der Waals surface area (Å²) in [6.07, 6.45) is -0.433. The second kappa shape index (κ2) is 11.0. The van der Waals surface area contributed by atoms with E-state index in [-0.39, 0.29) is 28.5 Å². The van der Waals surface area contributed by atoms with Gasteiger partial charge < -0.3 is 4.74 Å². The molecule has 1 amide bonds. The molecule has 1 heterocycles. The summed E-state index contributed by atoms with van der Waals surface area (Å²) in [6, 6.07) is 5.87. The Morgan fingerprint density at radius 2 is 1.79 bits per heavy atom. The second-order valence-electron chi connectivity index (χ2n) is 10.1. The van der Waals surface area contributed by atoms with Crippen LogP contribution in [0.3, 0.4) is 0 Å². The molecule has 1 aliphatic heterocycles.